The number of H-pyrrole nitrogens is 1. The summed E-state index contributed by atoms with van der Waals surface area (Å²) in [7, 11) is 0. The molecule has 0 aliphatic rings. The van der Waals surface area contributed by atoms with Gasteiger partial charge in [0.05, 0.1) is 23.7 Å². The third-order valence-electron chi connectivity index (χ3n) is 1.77. The van der Waals surface area contributed by atoms with Gasteiger partial charge in [-0.3, -0.25) is 9.89 Å². The second kappa shape index (κ2) is 3.66. The highest BCUT2D eigenvalue weighted by Crippen LogP contribution is 2.19. The van der Waals surface area contributed by atoms with Crippen molar-refractivity contribution in [2.24, 2.45) is 0 Å². The van der Waals surface area contributed by atoms with Gasteiger partial charge in [-0.25, -0.2) is 0 Å². The lowest BCUT2D eigenvalue weighted by Crippen LogP contribution is -2.12. The first-order valence-electron chi connectivity index (χ1n) is 4.01. The fraction of sp³-hybridized carbons (Fsp3) is 0. The molecule has 2 heterocycles. The molecule has 0 bridgehead atoms. The maximum atomic E-state index is 11.6. The van der Waals surface area contributed by atoms with Gasteiger partial charge in [0.1, 0.15) is 0 Å². The van der Waals surface area contributed by atoms with Crippen LogP contribution in [0.4, 0.5) is 11.5 Å². The number of nitrogens with zero attached hydrogens (tertiary/aromatic N) is 1. The maximum Gasteiger partial charge on any atom is 0.261 e. The predicted molar refractivity (Wildman–Crippen MR) is 54.7 cm³/mol. The first kappa shape index (κ1) is 9.60. The van der Waals surface area contributed by atoms with Crippen LogP contribution in [0.15, 0.2) is 22.9 Å². The van der Waals surface area contributed by atoms with E-state index in [1.807, 2.05) is 0 Å². The molecule has 7 heteroatoms. The van der Waals surface area contributed by atoms with Crippen molar-refractivity contribution in [3.8, 4) is 0 Å². The summed E-state index contributed by atoms with van der Waals surface area (Å²) in [6, 6.07) is 1.46. The summed E-state index contributed by atoms with van der Waals surface area (Å²) < 4.78 is 4.78. The molecule has 0 spiro atoms. The normalized spacial score (nSPS) is 10.2. The minimum Gasteiger partial charge on any atom is -0.452 e. The van der Waals surface area contributed by atoms with Gasteiger partial charge < -0.3 is 15.5 Å². The topological polar surface area (TPSA) is 96.9 Å². The van der Waals surface area contributed by atoms with Crippen LogP contribution in [0.25, 0.3) is 0 Å². The lowest BCUT2D eigenvalue weighted by molar-refractivity contribution is 0.102. The van der Waals surface area contributed by atoms with Crippen molar-refractivity contribution in [2.45, 2.75) is 0 Å². The van der Waals surface area contributed by atoms with Gasteiger partial charge in [0.2, 0.25) is 5.22 Å². The van der Waals surface area contributed by atoms with Crippen LogP contribution in [0.1, 0.15) is 10.4 Å². The van der Waals surface area contributed by atoms with Crippen LogP contribution in [0.2, 0.25) is 5.22 Å². The maximum absolute atomic E-state index is 11.6. The first-order valence-corrected chi connectivity index (χ1v) is 4.39. The van der Waals surface area contributed by atoms with Gasteiger partial charge in [-0.05, 0) is 17.7 Å². The van der Waals surface area contributed by atoms with Gasteiger partial charge in [0, 0.05) is 0 Å². The number of furan rings is 1. The zero-order valence-electron chi connectivity index (χ0n) is 7.45. The monoisotopic (exact) mass is 226 g/mol. The Kier molecular flexibility index (Phi) is 2.34. The molecule has 0 fully saturated rings. The number of rotatable bonds is 2. The third-order valence-corrected chi connectivity index (χ3v) is 2.06. The zero-order chi connectivity index (χ0) is 10.8. The fourth-order valence-corrected chi connectivity index (χ4v) is 1.23. The van der Waals surface area contributed by atoms with Crippen LogP contribution < -0.4 is 11.1 Å². The van der Waals surface area contributed by atoms with E-state index in [1.165, 1.54) is 18.5 Å². The second-order valence-corrected chi connectivity index (χ2v) is 3.11. The summed E-state index contributed by atoms with van der Waals surface area (Å²) in [6.07, 6.45) is 2.72. The lowest BCUT2D eigenvalue weighted by atomic mass is 10.3. The number of nitrogens with one attached hydrogen (secondary N) is 2. The molecular formula is C8H7ClN4O2. The van der Waals surface area contributed by atoms with Crippen molar-refractivity contribution in [3.05, 3.63) is 29.3 Å². The van der Waals surface area contributed by atoms with E-state index in [2.05, 4.69) is 15.5 Å². The number of hydrogen-bond donors (Lipinski definition) is 3. The largest absolute Gasteiger partial charge is 0.452 e. The standard InChI is InChI=1S/C8H7ClN4O2/c9-6-4(1-2-15-6)8(14)12-7-5(10)3-11-13-7/h1-3H,10H2,(H2,11,12,13,14). The molecule has 1 amide bonds. The highest BCUT2D eigenvalue weighted by Gasteiger charge is 2.14. The van der Waals surface area contributed by atoms with E-state index in [4.69, 9.17) is 21.8 Å². The van der Waals surface area contributed by atoms with Crippen molar-refractivity contribution in [1.82, 2.24) is 10.2 Å². The van der Waals surface area contributed by atoms with Crippen molar-refractivity contribution < 1.29 is 9.21 Å². The van der Waals surface area contributed by atoms with Gasteiger partial charge in [-0.1, -0.05) is 0 Å². The lowest BCUT2D eigenvalue weighted by Gasteiger charge is -2.00. The van der Waals surface area contributed by atoms with E-state index in [0.717, 1.165) is 0 Å². The van der Waals surface area contributed by atoms with Crippen LogP contribution in [0.3, 0.4) is 0 Å². The second-order valence-electron chi connectivity index (χ2n) is 2.76. The molecule has 0 unspecified atom stereocenters. The Hall–Kier alpha value is -1.95. The average molecular weight is 227 g/mol. The van der Waals surface area contributed by atoms with Gasteiger partial charge >= 0.3 is 0 Å². The quantitative estimate of drug-likeness (QED) is 0.723. The average Bonchev–Trinajstić information content (AvgIpc) is 2.76. The SMILES string of the molecule is Nc1cn[nH]c1NC(=O)c1ccoc1Cl. The van der Waals surface area contributed by atoms with E-state index < -0.39 is 5.91 Å². The van der Waals surface area contributed by atoms with Crippen molar-refractivity contribution in [3.63, 3.8) is 0 Å². The predicted octanol–water partition coefficient (Wildman–Crippen LogP) is 1.49. The Bertz CT molecular complexity index is 490. The van der Waals surface area contributed by atoms with Gasteiger partial charge in [-0.15, -0.1) is 0 Å². The summed E-state index contributed by atoms with van der Waals surface area (Å²) >= 11 is 5.63. The molecule has 6 nitrogen and oxygen atoms in total. The molecule has 0 saturated heterocycles. The Morgan fingerprint density at radius 1 is 1.67 bits per heavy atom. The molecule has 2 aromatic rings. The number of aromatic amines is 1. The Labute approximate surface area is 89.4 Å². The summed E-state index contributed by atoms with van der Waals surface area (Å²) in [4.78, 5) is 11.6. The van der Waals surface area contributed by atoms with Crippen molar-refractivity contribution in [2.75, 3.05) is 11.1 Å². The highest BCUT2D eigenvalue weighted by atomic mass is 35.5. The molecule has 2 aromatic heterocycles. The summed E-state index contributed by atoms with van der Waals surface area (Å²) in [5, 5.41) is 8.73. The summed E-state index contributed by atoms with van der Waals surface area (Å²) in [5.41, 5.74) is 6.11. The number of nitrogen functional groups attached to an aromatic ring is 1. The molecule has 2 rings (SSSR count). The number of aromatic nitrogens is 2. The summed E-state index contributed by atoms with van der Waals surface area (Å²) in [6.45, 7) is 0. The number of carbonyl (C=O) groups excluding carboxylic acids is 1. The van der Waals surface area contributed by atoms with Gasteiger partial charge in [0.15, 0.2) is 5.82 Å². The molecule has 0 aliphatic heterocycles. The van der Waals surface area contributed by atoms with E-state index in [1.54, 1.807) is 0 Å². The first-order chi connectivity index (χ1) is 7.18. The summed E-state index contributed by atoms with van der Waals surface area (Å²) in [5.74, 6) is -0.0815. The minimum atomic E-state index is -0.412. The molecule has 78 valence electrons. The molecule has 0 aromatic carbocycles. The molecule has 0 aliphatic carbocycles. The Morgan fingerprint density at radius 3 is 3.00 bits per heavy atom. The van der Waals surface area contributed by atoms with E-state index in [-0.39, 0.29) is 10.8 Å². The molecule has 0 atom stereocenters. The number of halogens is 1. The third kappa shape index (κ3) is 1.79. The van der Waals surface area contributed by atoms with Crippen molar-refractivity contribution >= 4 is 29.0 Å². The number of amides is 1. The number of nitrogens with two attached hydrogens (primary N) is 1. The number of hydrogen-bond acceptors (Lipinski definition) is 4. The van der Waals surface area contributed by atoms with E-state index >= 15 is 0 Å². The Morgan fingerprint density at radius 2 is 2.47 bits per heavy atom. The smallest absolute Gasteiger partial charge is 0.261 e. The molecular weight excluding hydrogens is 220 g/mol. The molecule has 0 saturated carbocycles. The zero-order valence-corrected chi connectivity index (χ0v) is 8.21. The van der Waals surface area contributed by atoms with Gasteiger partial charge in [0.25, 0.3) is 5.91 Å². The number of anilines is 2. The van der Waals surface area contributed by atoms with Crippen LogP contribution in [0, 0.1) is 0 Å². The fourth-order valence-electron chi connectivity index (χ4n) is 1.03. The number of carbonyl (C=O) groups is 1. The molecule has 15 heavy (non-hydrogen) atoms. The van der Waals surface area contributed by atoms with Crippen molar-refractivity contribution in [1.29, 1.82) is 0 Å². The van der Waals surface area contributed by atoms with Crippen LogP contribution in [-0.2, 0) is 0 Å². The van der Waals surface area contributed by atoms with E-state index in [0.29, 0.717) is 11.5 Å². The molecule has 0 radical (unpaired) electrons. The van der Waals surface area contributed by atoms with Gasteiger partial charge in [-0.2, -0.15) is 5.10 Å². The minimum absolute atomic E-state index is 0.0330. The molecule has 4 N–H and O–H groups in total. The van der Waals surface area contributed by atoms with E-state index in [9.17, 15) is 4.79 Å². The van der Waals surface area contributed by atoms with Crippen LogP contribution in [-0.4, -0.2) is 16.1 Å². The highest BCUT2D eigenvalue weighted by molar-refractivity contribution is 6.32. The van der Waals surface area contributed by atoms with Crippen LogP contribution >= 0.6 is 11.6 Å². The Balaban J connectivity index is 2.18. The van der Waals surface area contributed by atoms with Crippen LogP contribution in [0.5, 0.6) is 0 Å².